The average Bonchev–Trinajstić information content (AvgIpc) is 2.90. The molecule has 0 spiro atoms. The van der Waals surface area contributed by atoms with Gasteiger partial charge < -0.3 is 9.74 Å². The van der Waals surface area contributed by atoms with Crippen molar-refractivity contribution in [2.24, 2.45) is 0 Å². The highest BCUT2D eigenvalue weighted by Gasteiger charge is 2.42. The van der Waals surface area contributed by atoms with Gasteiger partial charge in [0.15, 0.2) is 0 Å². The van der Waals surface area contributed by atoms with E-state index >= 15 is 0 Å². The molecule has 4 rings (SSSR count). The average molecular weight is 547 g/mol. The number of amides is 2. The summed E-state index contributed by atoms with van der Waals surface area (Å²) in [6.07, 6.45) is -3.95. The van der Waals surface area contributed by atoms with Crippen LogP contribution in [0.5, 0.6) is 0 Å². The first-order valence-electron chi connectivity index (χ1n) is 11.5. The van der Waals surface area contributed by atoms with Crippen molar-refractivity contribution < 1.29 is 36.8 Å². The predicted molar refractivity (Wildman–Crippen MR) is 127 cm³/mol. The highest BCUT2D eigenvalue weighted by Crippen LogP contribution is 2.20. The van der Waals surface area contributed by atoms with Gasteiger partial charge in [-0.2, -0.15) is 13.2 Å². The molecule has 39 heavy (non-hydrogen) atoms. The zero-order valence-corrected chi connectivity index (χ0v) is 20.7. The molecule has 0 saturated carbocycles. The van der Waals surface area contributed by atoms with E-state index < -0.39 is 35.3 Å². The van der Waals surface area contributed by atoms with Gasteiger partial charge in [-0.05, 0) is 54.1 Å². The third kappa shape index (κ3) is 5.78. The van der Waals surface area contributed by atoms with Crippen LogP contribution in [0.1, 0.15) is 32.7 Å². The fraction of sp³-hybridized carbons (Fsp3) is 0.280. The van der Waals surface area contributed by atoms with Crippen LogP contribution >= 0.6 is 0 Å². The molecule has 2 amide bonds. The molecule has 0 bridgehead atoms. The molecule has 1 saturated heterocycles. The molecule has 10 nitrogen and oxygen atoms in total. The van der Waals surface area contributed by atoms with Crippen LogP contribution in [0.15, 0.2) is 47.4 Å². The molecule has 1 aliphatic rings. The van der Waals surface area contributed by atoms with Gasteiger partial charge in [0.05, 0.1) is 11.3 Å². The van der Waals surface area contributed by atoms with Gasteiger partial charge in [0.25, 0.3) is 5.91 Å². The highest BCUT2D eigenvalue weighted by atomic mass is 19.4. The predicted octanol–water partition coefficient (Wildman–Crippen LogP) is 1.99. The van der Waals surface area contributed by atoms with E-state index in [0.29, 0.717) is 16.9 Å². The smallest absolute Gasteiger partial charge is 0.327 e. The lowest BCUT2D eigenvalue weighted by Crippen LogP contribution is -2.52. The summed E-state index contributed by atoms with van der Waals surface area (Å²) >= 11 is 0. The van der Waals surface area contributed by atoms with E-state index in [9.17, 15) is 36.7 Å². The Kier molecular flexibility index (Phi) is 7.47. The van der Waals surface area contributed by atoms with Gasteiger partial charge in [0.2, 0.25) is 5.91 Å². The minimum absolute atomic E-state index is 0.0160. The summed E-state index contributed by atoms with van der Waals surface area (Å²) in [6, 6.07) is 8.69. The van der Waals surface area contributed by atoms with Gasteiger partial charge in [-0.1, -0.05) is 12.1 Å². The molecule has 204 valence electrons. The van der Waals surface area contributed by atoms with Crippen LogP contribution in [0.3, 0.4) is 0 Å². The molecule has 2 aromatic heterocycles. The summed E-state index contributed by atoms with van der Waals surface area (Å²) in [5.74, 6) is -4.15. The highest BCUT2D eigenvalue weighted by molar-refractivity contribution is 6.01. The number of halogens is 4. The second-order valence-corrected chi connectivity index (χ2v) is 8.70. The Morgan fingerprint density at radius 1 is 1.05 bits per heavy atom. The standard InChI is InChI=1S/C25H21F4N5O5/c1-14-15(2)22(36)34(39-24(38)25(27,28)29)31-19(14)12-16-6-7-18(26)17(11-16)23(37)32-9-10-33(21(35)13-32)20-5-3-4-8-30-20/h3-8,11H,9-10,12-13H2,1-2H3. The van der Waals surface area contributed by atoms with Gasteiger partial charge in [0.1, 0.15) is 18.2 Å². The lowest BCUT2D eigenvalue weighted by Gasteiger charge is -2.33. The zero-order valence-electron chi connectivity index (χ0n) is 20.7. The van der Waals surface area contributed by atoms with E-state index in [0.717, 1.165) is 6.07 Å². The summed E-state index contributed by atoms with van der Waals surface area (Å²) < 4.78 is 52.6. The maximum atomic E-state index is 14.7. The Bertz CT molecular complexity index is 1510. The Balaban J connectivity index is 1.56. The molecular weight excluding hydrogens is 526 g/mol. The van der Waals surface area contributed by atoms with E-state index in [2.05, 4.69) is 14.9 Å². The molecular formula is C25H21F4N5O5. The molecule has 1 aromatic carbocycles. The molecule has 1 aliphatic heterocycles. The van der Waals surface area contributed by atoms with Crippen LogP contribution in [0.2, 0.25) is 0 Å². The van der Waals surface area contributed by atoms with Crippen molar-refractivity contribution in [3.8, 4) is 0 Å². The maximum Gasteiger partial charge on any atom is 0.493 e. The number of nitrogens with zero attached hydrogens (tertiary/aromatic N) is 5. The Morgan fingerprint density at radius 3 is 2.44 bits per heavy atom. The van der Waals surface area contributed by atoms with Crippen LogP contribution < -0.4 is 15.3 Å². The molecule has 0 N–H and O–H groups in total. The van der Waals surface area contributed by atoms with Crippen molar-refractivity contribution in [2.45, 2.75) is 26.4 Å². The number of benzene rings is 1. The number of hydrogen-bond donors (Lipinski definition) is 0. The quantitative estimate of drug-likeness (QED) is 0.449. The summed E-state index contributed by atoms with van der Waals surface area (Å²) in [5, 5.41) is 3.73. The van der Waals surface area contributed by atoms with Gasteiger partial charge in [0, 0.05) is 31.3 Å². The fourth-order valence-electron chi connectivity index (χ4n) is 3.92. The number of alkyl halides is 3. The van der Waals surface area contributed by atoms with E-state index in [1.807, 2.05) is 0 Å². The molecule has 1 fully saturated rings. The van der Waals surface area contributed by atoms with Crippen LogP contribution in [0.4, 0.5) is 23.4 Å². The molecule has 3 aromatic rings. The van der Waals surface area contributed by atoms with Crippen molar-refractivity contribution >= 4 is 23.6 Å². The van der Waals surface area contributed by atoms with E-state index in [1.165, 1.54) is 42.0 Å². The lowest BCUT2D eigenvalue weighted by molar-refractivity contribution is -0.202. The fourth-order valence-corrected chi connectivity index (χ4v) is 3.92. The maximum absolute atomic E-state index is 14.7. The number of rotatable bonds is 5. The Hall–Kier alpha value is -4.62. The number of aromatic nitrogens is 3. The topological polar surface area (TPSA) is 115 Å². The molecule has 0 radical (unpaired) electrons. The normalized spacial score (nSPS) is 13.9. The number of carbonyl (C=O) groups excluding carboxylic acids is 3. The van der Waals surface area contributed by atoms with Gasteiger partial charge in [-0.25, -0.2) is 14.2 Å². The summed E-state index contributed by atoms with van der Waals surface area (Å²) in [7, 11) is 0. The number of piperazine rings is 1. The van der Waals surface area contributed by atoms with Crippen molar-refractivity contribution in [3.05, 3.63) is 86.7 Å². The zero-order chi connectivity index (χ0) is 28.5. The van der Waals surface area contributed by atoms with Crippen molar-refractivity contribution in [1.29, 1.82) is 0 Å². The minimum Gasteiger partial charge on any atom is -0.327 e. The second-order valence-electron chi connectivity index (χ2n) is 8.70. The Labute approximate surface area is 218 Å². The number of hydrogen-bond acceptors (Lipinski definition) is 7. The third-order valence-corrected chi connectivity index (χ3v) is 6.17. The largest absolute Gasteiger partial charge is 0.493 e. The number of pyridine rings is 1. The van der Waals surface area contributed by atoms with Gasteiger partial charge in [-0.3, -0.25) is 19.3 Å². The Morgan fingerprint density at radius 2 is 1.79 bits per heavy atom. The first-order valence-corrected chi connectivity index (χ1v) is 11.5. The summed E-state index contributed by atoms with van der Waals surface area (Å²) in [4.78, 5) is 60.1. The van der Waals surface area contributed by atoms with E-state index in [-0.39, 0.29) is 47.7 Å². The molecule has 14 heteroatoms. The third-order valence-electron chi connectivity index (χ3n) is 6.17. The first kappa shape index (κ1) is 27.4. The molecule has 0 aliphatic carbocycles. The summed E-state index contributed by atoms with van der Waals surface area (Å²) in [5.41, 5.74) is -0.687. The number of anilines is 1. The second kappa shape index (κ2) is 10.6. The number of carbonyl (C=O) groups is 3. The van der Waals surface area contributed by atoms with Gasteiger partial charge >= 0.3 is 17.7 Å². The summed E-state index contributed by atoms with van der Waals surface area (Å²) in [6.45, 7) is 2.80. The van der Waals surface area contributed by atoms with Crippen LogP contribution in [-0.4, -0.2) is 63.4 Å². The van der Waals surface area contributed by atoms with E-state index in [4.69, 9.17) is 0 Å². The van der Waals surface area contributed by atoms with Crippen LogP contribution in [0, 0.1) is 19.7 Å². The molecule has 0 unspecified atom stereocenters. The van der Waals surface area contributed by atoms with Crippen molar-refractivity contribution in [2.75, 3.05) is 24.5 Å². The SMILES string of the molecule is Cc1c(Cc2ccc(F)c(C(=O)N3CCN(c4ccccn4)C(=O)C3)c2)nn(OC(=O)C(F)(F)F)c(=O)c1C. The molecule has 3 heterocycles. The van der Waals surface area contributed by atoms with Crippen molar-refractivity contribution in [3.63, 3.8) is 0 Å². The molecule has 0 atom stereocenters. The van der Waals surface area contributed by atoms with Crippen LogP contribution in [0.25, 0.3) is 0 Å². The van der Waals surface area contributed by atoms with Crippen LogP contribution in [-0.2, 0) is 16.0 Å². The van der Waals surface area contributed by atoms with Gasteiger partial charge in [-0.15, -0.1) is 5.10 Å². The van der Waals surface area contributed by atoms with E-state index in [1.54, 1.807) is 18.2 Å². The lowest BCUT2D eigenvalue weighted by atomic mass is 10.0. The van der Waals surface area contributed by atoms with Crippen molar-refractivity contribution in [1.82, 2.24) is 19.8 Å². The monoisotopic (exact) mass is 547 g/mol. The minimum atomic E-state index is -5.35. The first-order chi connectivity index (χ1) is 18.4.